The van der Waals surface area contributed by atoms with Crippen molar-refractivity contribution >= 4 is 0 Å². The van der Waals surface area contributed by atoms with Crippen molar-refractivity contribution in [1.82, 2.24) is 9.55 Å². The molecule has 0 saturated carbocycles. The van der Waals surface area contributed by atoms with Crippen molar-refractivity contribution in [3.8, 4) is 5.75 Å². The van der Waals surface area contributed by atoms with Gasteiger partial charge in [-0.1, -0.05) is 12.1 Å². The fraction of sp³-hybridized carbons (Fsp3) is 0.250. The first-order valence-electron chi connectivity index (χ1n) is 5.24. The minimum absolute atomic E-state index is 0.245. The molecule has 16 heavy (non-hydrogen) atoms. The molecule has 1 aromatic heterocycles. The smallest absolute Gasteiger partial charge is 0.115 e. The highest BCUT2D eigenvalue weighted by atomic mass is 16.3. The Morgan fingerprint density at radius 3 is 2.62 bits per heavy atom. The van der Waals surface area contributed by atoms with Crippen LogP contribution in [0.15, 0.2) is 43.0 Å². The minimum atomic E-state index is 0.245. The number of phenolic OH excluding ortho intramolecular Hbond substituents is 1. The first kappa shape index (κ1) is 10.7. The van der Waals surface area contributed by atoms with E-state index >= 15 is 0 Å². The van der Waals surface area contributed by atoms with Crippen molar-refractivity contribution in [1.29, 1.82) is 0 Å². The van der Waals surface area contributed by atoms with Crippen molar-refractivity contribution in [2.24, 2.45) is 5.73 Å². The molecule has 2 aromatic rings. The summed E-state index contributed by atoms with van der Waals surface area (Å²) in [5.74, 6) is 0.525. The zero-order valence-electron chi connectivity index (χ0n) is 8.95. The van der Waals surface area contributed by atoms with Crippen molar-refractivity contribution in [3.63, 3.8) is 0 Å². The third-order valence-electron chi connectivity index (χ3n) is 2.64. The summed E-state index contributed by atoms with van der Waals surface area (Å²) in [6.07, 6.45) is 5.45. The summed E-state index contributed by atoms with van der Waals surface area (Å²) in [5, 5.41) is 9.22. The summed E-state index contributed by atoms with van der Waals surface area (Å²) in [7, 11) is 0. The van der Waals surface area contributed by atoms with E-state index in [0.717, 1.165) is 12.1 Å². The van der Waals surface area contributed by atoms with Crippen LogP contribution in [0.25, 0.3) is 0 Å². The van der Waals surface area contributed by atoms with Crippen LogP contribution in [-0.4, -0.2) is 21.2 Å². The summed E-state index contributed by atoms with van der Waals surface area (Å²) < 4.78 is 2.00. The van der Waals surface area contributed by atoms with Gasteiger partial charge in [-0.3, -0.25) is 0 Å². The lowest BCUT2D eigenvalue weighted by Crippen LogP contribution is -2.17. The molecule has 4 heteroatoms. The van der Waals surface area contributed by atoms with Crippen LogP contribution >= 0.6 is 0 Å². The molecule has 1 heterocycles. The van der Waals surface area contributed by atoms with Crippen LogP contribution < -0.4 is 5.73 Å². The third-order valence-corrected chi connectivity index (χ3v) is 2.64. The van der Waals surface area contributed by atoms with E-state index in [1.807, 2.05) is 22.9 Å². The molecule has 0 fully saturated rings. The number of hydrogen-bond acceptors (Lipinski definition) is 3. The lowest BCUT2D eigenvalue weighted by Gasteiger charge is -2.15. The van der Waals surface area contributed by atoms with Gasteiger partial charge in [-0.25, -0.2) is 4.98 Å². The van der Waals surface area contributed by atoms with Crippen LogP contribution in [0.2, 0.25) is 0 Å². The standard InChI is InChI=1S/C12H15N3O/c13-7-11(8-15-6-5-14-9-15)10-1-3-12(16)4-2-10/h1-6,9,11,16H,7-8,13H2. The number of aromatic hydroxyl groups is 1. The Bertz CT molecular complexity index is 422. The molecule has 0 amide bonds. The Kier molecular flexibility index (Phi) is 3.22. The molecule has 0 spiro atoms. The molecule has 0 saturated heterocycles. The third kappa shape index (κ3) is 2.41. The lowest BCUT2D eigenvalue weighted by molar-refractivity contribution is 0.474. The molecule has 2 rings (SSSR count). The Hall–Kier alpha value is -1.81. The average Bonchev–Trinajstić information content (AvgIpc) is 2.80. The zero-order valence-corrected chi connectivity index (χ0v) is 8.95. The van der Waals surface area contributed by atoms with Gasteiger partial charge in [-0.05, 0) is 17.7 Å². The summed E-state index contributed by atoms with van der Waals surface area (Å²) in [6.45, 7) is 1.38. The molecule has 3 N–H and O–H groups in total. The minimum Gasteiger partial charge on any atom is -0.508 e. The molecular weight excluding hydrogens is 202 g/mol. The molecule has 1 unspecified atom stereocenters. The van der Waals surface area contributed by atoms with E-state index in [1.54, 1.807) is 24.7 Å². The van der Waals surface area contributed by atoms with Crippen molar-refractivity contribution in [3.05, 3.63) is 48.5 Å². The van der Waals surface area contributed by atoms with Gasteiger partial charge in [-0.15, -0.1) is 0 Å². The number of nitrogens with zero attached hydrogens (tertiary/aromatic N) is 2. The van der Waals surface area contributed by atoms with E-state index in [-0.39, 0.29) is 11.7 Å². The van der Waals surface area contributed by atoms with Gasteiger partial charge in [0.2, 0.25) is 0 Å². The van der Waals surface area contributed by atoms with E-state index in [4.69, 9.17) is 5.73 Å². The SMILES string of the molecule is NCC(Cn1ccnc1)c1ccc(O)cc1. The largest absolute Gasteiger partial charge is 0.508 e. The van der Waals surface area contributed by atoms with Crippen molar-refractivity contribution < 1.29 is 5.11 Å². The van der Waals surface area contributed by atoms with E-state index in [9.17, 15) is 5.11 Å². The predicted molar refractivity (Wildman–Crippen MR) is 62.1 cm³/mol. The summed E-state index contributed by atoms with van der Waals surface area (Å²) >= 11 is 0. The second-order valence-corrected chi connectivity index (χ2v) is 3.78. The van der Waals surface area contributed by atoms with Crippen LogP contribution in [0.3, 0.4) is 0 Å². The first-order chi connectivity index (χ1) is 7.79. The van der Waals surface area contributed by atoms with Crippen LogP contribution in [0, 0.1) is 0 Å². The second kappa shape index (κ2) is 4.81. The Morgan fingerprint density at radius 1 is 1.31 bits per heavy atom. The molecule has 0 aliphatic carbocycles. The molecular formula is C12H15N3O. The quantitative estimate of drug-likeness (QED) is 0.812. The molecule has 1 aromatic carbocycles. The highest BCUT2D eigenvalue weighted by molar-refractivity contribution is 5.28. The second-order valence-electron chi connectivity index (χ2n) is 3.78. The number of phenols is 1. The monoisotopic (exact) mass is 217 g/mol. The van der Waals surface area contributed by atoms with Gasteiger partial charge >= 0.3 is 0 Å². The average molecular weight is 217 g/mol. The molecule has 0 radical (unpaired) electrons. The maximum absolute atomic E-state index is 9.22. The Labute approximate surface area is 94.4 Å². The number of nitrogens with two attached hydrogens (primary N) is 1. The molecule has 84 valence electrons. The van der Waals surface area contributed by atoms with Gasteiger partial charge in [0.15, 0.2) is 0 Å². The molecule has 0 aliphatic rings. The highest BCUT2D eigenvalue weighted by Gasteiger charge is 2.10. The van der Waals surface area contributed by atoms with E-state index in [0.29, 0.717) is 6.54 Å². The van der Waals surface area contributed by atoms with Crippen molar-refractivity contribution in [2.45, 2.75) is 12.5 Å². The van der Waals surface area contributed by atoms with Crippen LogP contribution in [0.5, 0.6) is 5.75 Å². The number of imidazole rings is 1. The fourth-order valence-electron chi connectivity index (χ4n) is 1.71. The molecule has 0 bridgehead atoms. The number of hydrogen-bond donors (Lipinski definition) is 2. The van der Waals surface area contributed by atoms with Gasteiger partial charge < -0.3 is 15.4 Å². The van der Waals surface area contributed by atoms with Crippen LogP contribution in [0.1, 0.15) is 11.5 Å². The Balaban J connectivity index is 2.13. The maximum Gasteiger partial charge on any atom is 0.115 e. The van der Waals surface area contributed by atoms with Gasteiger partial charge in [0.05, 0.1) is 6.33 Å². The van der Waals surface area contributed by atoms with Gasteiger partial charge in [0.25, 0.3) is 0 Å². The van der Waals surface area contributed by atoms with Gasteiger partial charge in [-0.2, -0.15) is 0 Å². The van der Waals surface area contributed by atoms with E-state index in [1.165, 1.54) is 0 Å². The predicted octanol–water partition coefficient (Wildman–Crippen LogP) is 1.33. The number of rotatable bonds is 4. The van der Waals surface area contributed by atoms with Crippen LogP contribution in [0.4, 0.5) is 0 Å². The molecule has 1 atom stereocenters. The summed E-state index contributed by atoms with van der Waals surface area (Å²) in [4.78, 5) is 4.00. The van der Waals surface area contributed by atoms with Crippen LogP contribution in [-0.2, 0) is 6.54 Å². The number of benzene rings is 1. The fourth-order valence-corrected chi connectivity index (χ4v) is 1.71. The normalized spacial score (nSPS) is 12.6. The van der Waals surface area contributed by atoms with Gasteiger partial charge in [0, 0.05) is 31.4 Å². The number of aromatic nitrogens is 2. The lowest BCUT2D eigenvalue weighted by atomic mass is 9.99. The molecule has 0 aliphatic heterocycles. The first-order valence-corrected chi connectivity index (χ1v) is 5.24. The van der Waals surface area contributed by atoms with E-state index < -0.39 is 0 Å². The summed E-state index contributed by atoms with van der Waals surface area (Å²) in [6, 6.07) is 7.19. The Morgan fingerprint density at radius 2 is 2.06 bits per heavy atom. The topological polar surface area (TPSA) is 64.1 Å². The summed E-state index contributed by atoms with van der Waals surface area (Å²) in [5.41, 5.74) is 6.90. The van der Waals surface area contributed by atoms with E-state index in [2.05, 4.69) is 4.98 Å². The van der Waals surface area contributed by atoms with Crippen molar-refractivity contribution in [2.75, 3.05) is 6.54 Å². The molecule has 4 nitrogen and oxygen atoms in total. The zero-order chi connectivity index (χ0) is 11.4. The van der Waals surface area contributed by atoms with Gasteiger partial charge in [0.1, 0.15) is 5.75 Å². The maximum atomic E-state index is 9.22. The highest BCUT2D eigenvalue weighted by Crippen LogP contribution is 2.19.